The van der Waals surface area contributed by atoms with Gasteiger partial charge in [-0.25, -0.2) is 64.6 Å². The number of aromatic amines is 1. The number of fused-ring (bicyclic) bond motifs is 2. The fraction of sp³-hybridized carbons (Fsp3) is 0.184. The van der Waals surface area contributed by atoms with Crippen molar-refractivity contribution in [2.75, 3.05) is 116 Å². The molecule has 6 amide bonds. The first-order valence-electron chi connectivity index (χ1n) is 39.9. The molecule has 45 nitrogen and oxygen atoms in total. The van der Waals surface area contributed by atoms with Gasteiger partial charge in [-0.15, -0.1) is 0 Å². The molecule has 135 heavy (non-hydrogen) atoms. The Kier molecular flexibility index (Phi) is 37.9. The van der Waals surface area contributed by atoms with Crippen LogP contribution in [0, 0.1) is 0 Å². The Hall–Kier alpha value is -17.2. The number of nitrogens with zero attached hydrogens (tertiary/aromatic N) is 25. The van der Waals surface area contributed by atoms with Gasteiger partial charge in [0.05, 0.1) is 91.4 Å². The van der Waals surface area contributed by atoms with Gasteiger partial charge in [0.25, 0.3) is 57.7 Å². The number of rotatable bonds is 20. The Morgan fingerprint density at radius 3 is 1.13 bits per heavy atom. The summed E-state index contributed by atoms with van der Waals surface area (Å²) in [6, 6.07) is 36.1. The van der Waals surface area contributed by atoms with E-state index in [4.69, 9.17) is 68.6 Å². The fourth-order valence-corrected chi connectivity index (χ4v) is 11.5. The zero-order valence-corrected chi connectivity index (χ0v) is 77.0. The van der Waals surface area contributed by atoms with Crippen LogP contribution in [0.1, 0.15) is 97.6 Å². The topological polar surface area (TPSA) is 601 Å². The number of primary amides is 2. The van der Waals surface area contributed by atoms with Crippen molar-refractivity contribution in [1.29, 1.82) is 0 Å². The van der Waals surface area contributed by atoms with Gasteiger partial charge in [-0.05, 0) is 79.7 Å². The first-order chi connectivity index (χ1) is 64.3. The van der Waals surface area contributed by atoms with E-state index in [1.165, 1.54) is 137 Å². The number of carbonyl (C=O) groups is 7. The van der Waals surface area contributed by atoms with Crippen LogP contribution in [-0.4, -0.2) is 248 Å². The number of anilines is 7. The van der Waals surface area contributed by atoms with E-state index in [1.807, 2.05) is 91.6 Å². The minimum absolute atomic E-state index is 0.107. The van der Waals surface area contributed by atoms with Crippen molar-refractivity contribution in [3.8, 4) is 17.5 Å². The molecule has 0 radical (unpaired) electrons. The summed E-state index contributed by atoms with van der Waals surface area (Å²) in [6.45, 7) is 4.51. The van der Waals surface area contributed by atoms with Gasteiger partial charge < -0.3 is 78.8 Å². The largest absolute Gasteiger partial charge is 0.476 e. The summed E-state index contributed by atoms with van der Waals surface area (Å²) in [5, 5.41) is 23.7. The van der Waals surface area contributed by atoms with Crippen molar-refractivity contribution in [3.05, 3.63) is 328 Å². The Morgan fingerprint density at radius 2 is 0.793 bits per heavy atom. The number of amides is 6. The number of H-pyrrole nitrogens is 1. The van der Waals surface area contributed by atoms with Crippen molar-refractivity contribution in [2.45, 2.75) is 26.4 Å². The van der Waals surface area contributed by atoms with E-state index in [0.29, 0.717) is 47.7 Å². The Bertz CT molecular complexity index is 6710. The molecule has 0 aliphatic heterocycles. The van der Waals surface area contributed by atoms with E-state index in [2.05, 4.69) is 92.5 Å². The molecule has 0 aliphatic carbocycles. The van der Waals surface area contributed by atoms with Crippen LogP contribution >= 0.6 is 34.8 Å². The quantitative estimate of drug-likeness (QED) is 0.0393. The molecule has 0 unspecified atom stereocenters. The average Bonchev–Trinajstić information content (AvgIpc) is 1.59. The summed E-state index contributed by atoms with van der Waals surface area (Å²) in [7, 11) is 18.8. The molecule has 0 saturated carbocycles. The SMILES string of the molecule is CCCNC.CN(C)C(=O)c1cnc(-n2cccc(N)c2=O)cn1.CN(C)C(=O)c1cnc(-n2cccc(N)c2=O)cn1.CN(C)C(=O)c1cnc(-n2cccc(Nc3cc(N(C)Cc4ccccc4)n4ncc(C(N)=O)c4n3)c2=O)cn1.CN(C)C(=O)c1cnc(Cl)cn1.CN(Cc1ccccc1)c1cc(Cl)nc2c(C(N)=O)cnn12.Nc1ccc[nH]c1=O.O=C(O)c1cnc(Cl)cn1. The lowest BCUT2D eigenvalue weighted by Crippen LogP contribution is -2.24. The minimum Gasteiger partial charge on any atom is -0.476 e. The predicted molar refractivity (Wildman–Crippen MR) is 509 cm³/mol. The van der Waals surface area contributed by atoms with E-state index >= 15 is 0 Å². The zero-order chi connectivity index (χ0) is 98.9. The molecule has 13 aromatic heterocycles. The average molecular weight is 1900 g/mol. The maximum absolute atomic E-state index is 13.4. The van der Waals surface area contributed by atoms with Gasteiger partial charge in [0, 0.05) is 120 Å². The predicted octanol–water partition coefficient (Wildman–Crippen LogP) is 6.02. The number of carbonyl (C=O) groups excluding carboxylic acids is 6. The van der Waals surface area contributed by atoms with Crippen LogP contribution in [0.15, 0.2) is 240 Å². The van der Waals surface area contributed by atoms with E-state index in [1.54, 1.807) is 122 Å². The maximum Gasteiger partial charge on any atom is 0.356 e. The highest BCUT2D eigenvalue weighted by molar-refractivity contribution is 6.30. The van der Waals surface area contributed by atoms with Gasteiger partial charge in [0.2, 0.25) is 0 Å². The number of carboxylic acid groups (broad SMARTS) is 1. The van der Waals surface area contributed by atoms with Gasteiger partial charge in [-0.3, -0.25) is 61.6 Å². The molecule has 700 valence electrons. The van der Waals surface area contributed by atoms with Crippen LogP contribution in [-0.2, 0) is 13.1 Å². The molecule has 48 heteroatoms. The van der Waals surface area contributed by atoms with Gasteiger partial charge >= 0.3 is 5.97 Å². The van der Waals surface area contributed by atoms with Gasteiger partial charge in [-0.1, -0.05) is 102 Å². The van der Waals surface area contributed by atoms with E-state index < -0.39 is 23.3 Å². The summed E-state index contributed by atoms with van der Waals surface area (Å²) in [5.41, 5.74) is 30.4. The summed E-state index contributed by atoms with van der Waals surface area (Å²) in [4.78, 5) is 187. The second kappa shape index (κ2) is 49.5. The number of nitrogens with one attached hydrogen (secondary N) is 3. The molecule has 0 fully saturated rings. The van der Waals surface area contributed by atoms with Gasteiger partial charge in [-0.2, -0.15) is 19.2 Å². The van der Waals surface area contributed by atoms with E-state index in [-0.39, 0.29) is 124 Å². The second-order valence-corrected chi connectivity index (χ2v) is 30.0. The van der Waals surface area contributed by atoms with Crippen molar-refractivity contribution in [3.63, 3.8) is 0 Å². The maximum atomic E-state index is 13.4. The molecule has 15 aromatic rings. The lowest BCUT2D eigenvalue weighted by atomic mass is 10.2. The third kappa shape index (κ3) is 29.1. The molecular weight excluding hydrogens is 1810 g/mol. The molecule has 0 bridgehead atoms. The van der Waals surface area contributed by atoms with E-state index in [9.17, 15) is 52.7 Å². The summed E-state index contributed by atoms with van der Waals surface area (Å²) in [6.07, 6.45) is 23.2. The van der Waals surface area contributed by atoms with Crippen LogP contribution < -0.4 is 71.3 Å². The first kappa shape index (κ1) is 103. The monoisotopic (exact) mass is 1900 g/mol. The molecule has 0 spiro atoms. The van der Waals surface area contributed by atoms with Crippen LogP contribution in [0.2, 0.25) is 15.5 Å². The molecule has 2 aromatic carbocycles. The molecule has 13 heterocycles. The Labute approximate surface area is 784 Å². The normalized spacial score (nSPS) is 10.2. The molecular formula is C87H94Cl3N33O12. The highest BCUT2D eigenvalue weighted by Gasteiger charge is 2.22. The second-order valence-electron chi connectivity index (χ2n) is 28.8. The highest BCUT2D eigenvalue weighted by atomic mass is 35.5. The summed E-state index contributed by atoms with van der Waals surface area (Å²) in [5.74, 6) is -0.832. The lowest BCUT2D eigenvalue weighted by molar-refractivity contribution is 0.0687. The number of halogens is 3. The number of pyridine rings is 4. The number of benzene rings is 2. The Morgan fingerprint density at radius 1 is 0.422 bits per heavy atom. The number of nitrogens with two attached hydrogens (primary N) is 5. The first-order valence-corrected chi connectivity index (χ1v) is 41.0. The smallest absolute Gasteiger partial charge is 0.356 e. The number of hydrogen-bond acceptors (Lipinski definition) is 32. The van der Waals surface area contributed by atoms with Crippen molar-refractivity contribution < 1.29 is 38.7 Å². The van der Waals surface area contributed by atoms with Crippen LogP contribution in [0.3, 0.4) is 0 Å². The lowest BCUT2D eigenvalue weighted by Gasteiger charge is -2.21. The highest BCUT2D eigenvalue weighted by Crippen LogP contribution is 2.26. The van der Waals surface area contributed by atoms with Crippen molar-refractivity contribution in [2.24, 2.45) is 11.5 Å². The molecule has 0 aliphatic rings. The van der Waals surface area contributed by atoms with Crippen LogP contribution in [0.4, 0.5) is 40.2 Å². The summed E-state index contributed by atoms with van der Waals surface area (Å²) < 4.78 is 6.94. The van der Waals surface area contributed by atoms with Crippen molar-refractivity contribution >= 4 is 128 Å². The third-order valence-corrected chi connectivity index (χ3v) is 18.4. The van der Waals surface area contributed by atoms with Crippen molar-refractivity contribution in [1.82, 2.24) is 123 Å². The van der Waals surface area contributed by atoms with Gasteiger partial charge in [0.15, 0.2) is 34.4 Å². The molecule has 0 saturated heterocycles. The Balaban J connectivity index is 0.000000204. The minimum atomic E-state index is -1.11. The van der Waals surface area contributed by atoms with Crippen LogP contribution in [0.25, 0.3) is 28.7 Å². The standard InChI is InChI=1S/C27H26N10O3.C15H14ClN5O.2C12H13N5O2.C7H8ClN3O.C5H3ClN2O2.C5H6N2O.C4H11N/c1-34(2)26(39)20-14-30-22(15-29-20)36-11-7-10-19(27(36)40)32-21-12-23(35(3)16-17-8-5-4-6-9-17)37-25(33-21)18(13-31-37)24(28)38;1-20(9-10-5-3-2-4-6-10)13-7-12(16)19-15-11(14(17)22)8-18-21(13)15;2*1-16(2)12(19)9-6-15-10(7-14-9)17-5-3-4-8(13)11(17)18;1-11(2)7(12)5-3-10-6(8)4-9-5;6-4-2-7-3(1-8-4)5(9)10;6-4-2-1-3-7-5(4)8;1-3-4-5-2/h4-15H,16H2,1-3H3,(H2,28,38)(H,32,33);2-8H,9H2,1H3,(H2,17,22);2*3-7H,13H2,1-2H3;3-4H,1-2H3;1-2H,(H,9,10);1-3H,6H2,(H,7,8);5H,3-4H2,1-2H3. The number of carboxylic acids is 1. The van der Waals surface area contributed by atoms with Crippen LogP contribution in [0.5, 0.6) is 0 Å². The number of aromatic nitrogens is 20. The number of nitrogen functional groups attached to an aromatic ring is 3. The third-order valence-electron chi connectivity index (χ3n) is 17.8. The van der Waals surface area contributed by atoms with E-state index in [0.717, 1.165) is 29.7 Å². The number of aromatic carboxylic acids is 1. The zero-order valence-electron chi connectivity index (χ0n) is 74.8. The molecule has 15 rings (SSSR count). The molecule has 0 atom stereocenters. The number of hydrogen-bond donors (Lipinski definition) is 9. The fourth-order valence-electron chi connectivity index (χ4n) is 11.1. The summed E-state index contributed by atoms with van der Waals surface area (Å²) >= 11 is 16.9. The molecule has 14 N–H and O–H groups in total. The van der Waals surface area contributed by atoms with Gasteiger partial charge in [0.1, 0.15) is 72.5 Å².